The van der Waals surface area contributed by atoms with Gasteiger partial charge in [-0.3, -0.25) is 9.59 Å². The number of ether oxygens (including phenoxy) is 4. The van der Waals surface area contributed by atoms with Gasteiger partial charge < -0.3 is 29.6 Å². The summed E-state index contributed by atoms with van der Waals surface area (Å²) in [4.78, 5) is 25.1. The van der Waals surface area contributed by atoms with Gasteiger partial charge in [0.05, 0.1) is 13.2 Å². The number of anilines is 2. The maximum Gasteiger partial charge on any atom is 0.255 e. The Balaban J connectivity index is 1.51. The lowest BCUT2D eigenvalue weighted by molar-refractivity contribution is 0.101. The number of carbonyl (C=O) groups is 2. The van der Waals surface area contributed by atoms with Gasteiger partial charge in [-0.05, 0) is 72.8 Å². The highest BCUT2D eigenvalue weighted by Gasteiger charge is 2.10. The molecule has 0 fully saturated rings. The molecule has 3 rings (SSSR count). The highest BCUT2D eigenvalue weighted by atomic mass is 16.5. The maximum atomic E-state index is 12.5. The van der Waals surface area contributed by atoms with Crippen LogP contribution in [0.25, 0.3) is 0 Å². The molecular weight excluding hydrogens is 436 g/mol. The van der Waals surface area contributed by atoms with Crippen molar-refractivity contribution in [2.75, 3.05) is 51.3 Å². The standard InChI is InChI=1S/C26H28N2O6/c1-31-15-17-33-23-11-7-21(8-12-23)27-25(29)19-3-5-20(6-4-19)26(30)28-22-9-13-24(14-10-22)34-18-16-32-2/h3-14H,15-18H2,1-2H3,(H,27,29)(H,28,30). The van der Waals surface area contributed by atoms with E-state index in [1.54, 1.807) is 87.0 Å². The molecule has 0 aliphatic carbocycles. The van der Waals surface area contributed by atoms with E-state index in [9.17, 15) is 9.59 Å². The van der Waals surface area contributed by atoms with Crippen LogP contribution in [0.1, 0.15) is 20.7 Å². The molecule has 34 heavy (non-hydrogen) atoms. The van der Waals surface area contributed by atoms with Gasteiger partial charge in [-0.2, -0.15) is 0 Å². The minimum absolute atomic E-state index is 0.274. The topological polar surface area (TPSA) is 95.1 Å². The summed E-state index contributed by atoms with van der Waals surface area (Å²) in [6, 6.07) is 20.6. The highest BCUT2D eigenvalue weighted by molar-refractivity contribution is 6.07. The fraction of sp³-hybridized carbons (Fsp3) is 0.231. The molecule has 2 amide bonds. The first-order valence-corrected chi connectivity index (χ1v) is 10.8. The predicted molar refractivity (Wildman–Crippen MR) is 130 cm³/mol. The van der Waals surface area contributed by atoms with Gasteiger partial charge in [-0.25, -0.2) is 0 Å². The van der Waals surface area contributed by atoms with Crippen molar-refractivity contribution in [1.82, 2.24) is 0 Å². The van der Waals surface area contributed by atoms with E-state index in [1.165, 1.54) is 0 Å². The van der Waals surface area contributed by atoms with Crippen LogP contribution in [-0.4, -0.2) is 52.5 Å². The van der Waals surface area contributed by atoms with Gasteiger partial charge >= 0.3 is 0 Å². The van der Waals surface area contributed by atoms with Crippen molar-refractivity contribution < 1.29 is 28.5 Å². The smallest absolute Gasteiger partial charge is 0.255 e. The summed E-state index contributed by atoms with van der Waals surface area (Å²) in [5.41, 5.74) is 2.16. The minimum atomic E-state index is -0.274. The summed E-state index contributed by atoms with van der Waals surface area (Å²) in [6.07, 6.45) is 0. The van der Waals surface area contributed by atoms with Gasteiger partial charge in [0.15, 0.2) is 0 Å². The van der Waals surface area contributed by atoms with Crippen molar-refractivity contribution in [2.24, 2.45) is 0 Å². The Morgan fingerprint density at radius 3 is 1.24 bits per heavy atom. The van der Waals surface area contributed by atoms with Crippen LogP contribution < -0.4 is 20.1 Å². The fourth-order valence-corrected chi connectivity index (χ4v) is 2.93. The molecule has 0 unspecified atom stereocenters. The monoisotopic (exact) mass is 464 g/mol. The molecule has 0 radical (unpaired) electrons. The second-order valence-electron chi connectivity index (χ2n) is 7.22. The first kappa shape index (κ1) is 24.8. The average molecular weight is 465 g/mol. The van der Waals surface area contributed by atoms with Gasteiger partial charge in [0.25, 0.3) is 11.8 Å². The molecule has 178 valence electrons. The third kappa shape index (κ3) is 7.61. The van der Waals surface area contributed by atoms with Crippen molar-refractivity contribution in [3.05, 3.63) is 83.9 Å². The van der Waals surface area contributed by atoms with E-state index in [1.807, 2.05) is 0 Å². The van der Waals surface area contributed by atoms with Crippen molar-refractivity contribution in [1.29, 1.82) is 0 Å². The molecule has 0 aliphatic rings. The molecule has 8 nitrogen and oxygen atoms in total. The zero-order chi connectivity index (χ0) is 24.2. The molecule has 0 bridgehead atoms. The quantitative estimate of drug-likeness (QED) is 0.389. The first-order valence-electron chi connectivity index (χ1n) is 10.8. The molecule has 0 aromatic heterocycles. The number of benzene rings is 3. The first-order chi connectivity index (χ1) is 16.6. The summed E-state index contributed by atoms with van der Waals surface area (Å²) in [5, 5.41) is 5.65. The largest absolute Gasteiger partial charge is 0.491 e. The molecule has 8 heteroatoms. The zero-order valence-corrected chi connectivity index (χ0v) is 19.2. The normalized spacial score (nSPS) is 10.4. The maximum absolute atomic E-state index is 12.5. The van der Waals surface area contributed by atoms with Gasteiger partial charge in [0, 0.05) is 36.7 Å². The molecule has 3 aromatic carbocycles. The Morgan fingerprint density at radius 1 is 0.559 bits per heavy atom. The molecule has 0 heterocycles. The number of rotatable bonds is 12. The summed E-state index contributed by atoms with van der Waals surface area (Å²) >= 11 is 0. The van der Waals surface area contributed by atoms with E-state index < -0.39 is 0 Å². The number of hydrogen-bond acceptors (Lipinski definition) is 6. The van der Waals surface area contributed by atoms with E-state index in [2.05, 4.69) is 10.6 Å². The Bertz CT molecular complexity index is 964. The molecule has 0 aliphatic heterocycles. The van der Waals surface area contributed by atoms with E-state index in [0.29, 0.717) is 60.4 Å². The molecule has 2 N–H and O–H groups in total. The Labute approximate surface area is 198 Å². The van der Waals surface area contributed by atoms with E-state index in [-0.39, 0.29) is 11.8 Å². The Kier molecular flexibility index (Phi) is 9.45. The predicted octanol–water partition coefficient (Wildman–Crippen LogP) is 4.24. The molecular formula is C26H28N2O6. The summed E-state index contributed by atoms with van der Waals surface area (Å²) in [6.45, 7) is 1.92. The summed E-state index contributed by atoms with van der Waals surface area (Å²) in [7, 11) is 3.22. The minimum Gasteiger partial charge on any atom is -0.491 e. The number of nitrogens with one attached hydrogen (secondary N) is 2. The van der Waals surface area contributed by atoms with Crippen LogP contribution in [0.15, 0.2) is 72.8 Å². The van der Waals surface area contributed by atoms with Crippen LogP contribution in [0, 0.1) is 0 Å². The summed E-state index contributed by atoms with van der Waals surface area (Å²) < 4.78 is 20.9. The van der Waals surface area contributed by atoms with Crippen LogP contribution in [0.3, 0.4) is 0 Å². The Hall–Kier alpha value is -3.88. The third-order valence-electron chi connectivity index (χ3n) is 4.75. The zero-order valence-electron chi connectivity index (χ0n) is 19.2. The van der Waals surface area contributed by atoms with Gasteiger partial charge in [0.2, 0.25) is 0 Å². The lowest BCUT2D eigenvalue weighted by atomic mass is 10.1. The van der Waals surface area contributed by atoms with Crippen molar-refractivity contribution in [3.63, 3.8) is 0 Å². The van der Waals surface area contributed by atoms with Crippen LogP contribution in [0.5, 0.6) is 11.5 Å². The SMILES string of the molecule is COCCOc1ccc(NC(=O)c2ccc(C(=O)Nc3ccc(OCCOC)cc3)cc2)cc1. The molecule has 3 aromatic rings. The van der Waals surface area contributed by atoms with E-state index in [0.717, 1.165) is 0 Å². The number of amides is 2. The molecule has 0 spiro atoms. The number of methoxy groups -OCH3 is 2. The Morgan fingerprint density at radius 2 is 0.912 bits per heavy atom. The lowest BCUT2D eigenvalue weighted by Gasteiger charge is -2.09. The van der Waals surface area contributed by atoms with Gasteiger partial charge in [-0.15, -0.1) is 0 Å². The van der Waals surface area contributed by atoms with Crippen molar-refractivity contribution in [2.45, 2.75) is 0 Å². The van der Waals surface area contributed by atoms with Gasteiger partial charge in [-0.1, -0.05) is 0 Å². The molecule has 0 atom stereocenters. The second-order valence-corrected chi connectivity index (χ2v) is 7.22. The van der Waals surface area contributed by atoms with E-state index >= 15 is 0 Å². The molecule has 0 saturated heterocycles. The van der Waals surface area contributed by atoms with Crippen LogP contribution >= 0.6 is 0 Å². The van der Waals surface area contributed by atoms with Crippen LogP contribution in [-0.2, 0) is 9.47 Å². The number of hydrogen-bond donors (Lipinski definition) is 2. The molecule has 0 saturated carbocycles. The third-order valence-corrected chi connectivity index (χ3v) is 4.75. The van der Waals surface area contributed by atoms with Crippen LogP contribution in [0.2, 0.25) is 0 Å². The van der Waals surface area contributed by atoms with E-state index in [4.69, 9.17) is 18.9 Å². The average Bonchev–Trinajstić information content (AvgIpc) is 2.86. The van der Waals surface area contributed by atoms with Crippen LogP contribution in [0.4, 0.5) is 11.4 Å². The summed E-state index contributed by atoms with van der Waals surface area (Å²) in [5.74, 6) is 0.838. The van der Waals surface area contributed by atoms with Crippen molar-refractivity contribution >= 4 is 23.2 Å². The highest BCUT2D eigenvalue weighted by Crippen LogP contribution is 2.18. The van der Waals surface area contributed by atoms with Gasteiger partial charge in [0.1, 0.15) is 24.7 Å². The second kappa shape index (κ2) is 13.0. The van der Waals surface area contributed by atoms with Crippen molar-refractivity contribution in [3.8, 4) is 11.5 Å². The lowest BCUT2D eigenvalue weighted by Crippen LogP contribution is -2.14. The fourth-order valence-electron chi connectivity index (χ4n) is 2.93. The number of carbonyl (C=O) groups excluding carboxylic acids is 2.